The number of hydrogen-bond acceptors (Lipinski definition) is 4. The van der Waals surface area contributed by atoms with Crippen LogP contribution in [0.3, 0.4) is 0 Å². The van der Waals surface area contributed by atoms with Crippen LogP contribution >= 0.6 is 0 Å². The van der Waals surface area contributed by atoms with E-state index >= 15 is 0 Å². The highest BCUT2D eigenvalue weighted by Crippen LogP contribution is 2.33. The van der Waals surface area contributed by atoms with E-state index in [0.717, 1.165) is 18.4 Å². The van der Waals surface area contributed by atoms with Gasteiger partial charge in [0.05, 0.1) is 12.0 Å². The molecular weight excluding hydrogens is 288 g/mol. The van der Waals surface area contributed by atoms with Gasteiger partial charge in [-0.15, -0.1) is 0 Å². The topological polar surface area (TPSA) is 67.4 Å². The summed E-state index contributed by atoms with van der Waals surface area (Å²) in [6.45, 7) is 2.65. The van der Waals surface area contributed by atoms with Crippen LogP contribution in [-0.2, 0) is 16.4 Å². The fraction of sp³-hybridized carbons (Fsp3) is 0.600. The number of rotatable bonds is 8. The predicted octanol–water partition coefficient (Wildman–Crippen LogP) is 1.53. The normalized spacial score (nSPS) is 16.7. The molecule has 0 amide bonds. The molecule has 5 nitrogen and oxygen atoms in total. The first kappa shape index (κ1) is 16.3. The predicted molar refractivity (Wildman–Crippen MR) is 83.1 cm³/mol. The monoisotopic (exact) mass is 312 g/mol. The Morgan fingerprint density at radius 3 is 2.67 bits per heavy atom. The van der Waals surface area contributed by atoms with E-state index in [1.54, 1.807) is 25.3 Å². The van der Waals surface area contributed by atoms with Gasteiger partial charge in [0.15, 0.2) is 0 Å². The van der Waals surface area contributed by atoms with Gasteiger partial charge in [0.25, 0.3) is 0 Å². The molecule has 1 unspecified atom stereocenters. The third kappa shape index (κ3) is 4.18. The summed E-state index contributed by atoms with van der Waals surface area (Å²) in [6.07, 6.45) is 2.86. The minimum Gasteiger partial charge on any atom is -0.497 e. The second-order valence-corrected chi connectivity index (χ2v) is 7.26. The SMILES string of the molecule is CNCCc1cc(OC)ccc1S(=O)(=O)NC(C)C1CC1. The average molecular weight is 312 g/mol. The molecule has 0 heterocycles. The van der Waals surface area contributed by atoms with E-state index in [2.05, 4.69) is 10.0 Å². The number of hydrogen-bond donors (Lipinski definition) is 2. The summed E-state index contributed by atoms with van der Waals surface area (Å²) in [6, 6.07) is 5.12. The lowest BCUT2D eigenvalue weighted by Gasteiger charge is -2.16. The zero-order valence-electron chi connectivity index (χ0n) is 12.8. The van der Waals surface area contributed by atoms with Gasteiger partial charge >= 0.3 is 0 Å². The molecule has 1 aliphatic rings. The highest BCUT2D eigenvalue weighted by Gasteiger charge is 2.31. The van der Waals surface area contributed by atoms with Crippen molar-refractivity contribution in [1.29, 1.82) is 0 Å². The number of ether oxygens (including phenoxy) is 1. The van der Waals surface area contributed by atoms with E-state index in [0.29, 0.717) is 29.5 Å². The Hall–Kier alpha value is -1.11. The van der Waals surface area contributed by atoms with Gasteiger partial charge in [-0.25, -0.2) is 13.1 Å². The molecule has 1 aliphatic carbocycles. The fourth-order valence-electron chi connectivity index (χ4n) is 2.40. The van der Waals surface area contributed by atoms with E-state index in [1.807, 2.05) is 14.0 Å². The van der Waals surface area contributed by atoms with Gasteiger partial charge in [-0.3, -0.25) is 0 Å². The lowest BCUT2D eigenvalue weighted by Crippen LogP contribution is -2.34. The lowest BCUT2D eigenvalue weighted by molar-refractivity contribution is 0.413. The maximum absolute atomic E-state index is 12.6. The second-order valence-electron chi connectivity index (χ2n) is 5.57. The number of likely N-dealkylation sites (N-methyl/N-ethyl adjacent to an activating group) is 1. The smallest absolute Gasteiger partial charge is 0.241 e. The van der Waals surface area contributed by atoms with Crippen molar-refractivity contribution in [3.8, 4) is 5.75 Å². The molecule has 1 saturated carbocycles. The number of nitrogens with one attached hydrogen (secondary N) is 2. The molecule has 0 radical (unpaired) electrons. The Kier molecular flexibility index (Phi) is 5.24. The van der Waals surface area contributed by atoms with Crippen molar-refractivity contribution in [2.45, 2.75) is 37.1 Å². The number of methoxy groups -OCH3 is 1. The van der Waals surface area contributed by atoms with Crippen molar-refractivity contribution < 1.29 is 13.2 Å². The summed E-state index contributed by atoms with van der Waals surface area (Å²) in [7, 11) is -0.0528. The van der Waals surface area contributed by atoms with Crippen LogP contribution in [-0.4, -0.2) is 35.2 Å². The van der Waals surface area contributed by atoms with Gasteiger partial charge in [-0.05, 0) is 69.5 Å². The molecule has 1 aromatic rings. The van der Waals surface area contributed by atoms with E-state index < -0.39 is 10.0 Å². The van der Waals surface area contributed by atoms with Crippen LogP contribution in [0.1, 0.15) is 25.3 Å². The van der Waals surface area contributed by atoms with Gasteiger partial charge in [0, 0.05) is 6.04 Å². The molecular formula is C15H24N2O3S. The molecule has 2 N–H and O–H groups in total. The first-order valence-corrected chi connectivity index (χ1v) is 8.80. The summed E-state index contributed by atoms with van der Waals surface area (Å²) in [5.41, 5.74) is 0.777. The van der Waals surface area contributed by atoms with Crippen LogP contribution in [0.2, 0.25) is 0 Å². The van der Waals surface area contributed by atoms with Crippen LogP contribution in [0.5, 0.6) is 5.75 Å². The highest BCUT2D eigenvalue weighted by molar-refractivity contribution is 7.89. The largest absolute Gasteiger partial charge is 0.497 e. The Labute approximate surface area is 127 Å². The van der Waals surface area contributed by atoms with Gasteiger partial charge in [-0.2, -0.15) is 0 Å². The van der Waals surface area contributed by atoms with Crippen LogP contribution in [0.4, 0.5) is 0 Å². The van der Waals surface area contributed by atoms with E-state index in [1.165, 1.54) is 0 Å². The molecule has 0 spiro atoms. The highest BCUT2D eigenvalue weighted by atomic mass is 32.2. The maximum Gasteiger partial charge on any atom is 0.241 e. The quantitative estimate of drug-likeness (QED) is 0.764. The molecule has 0 saturated heterocycles. The van der Waals surface area contributed by atoms with Crippen molar-refractivity contribution in [2.24, 2.45) is 5.92 Å². The van der Waals surface area contributed by atoms with Crippen molar-refractivity contribution >= 4 is 10.0 Å². The summed E-state index contributed by atoms with van der Waals surface area (Å²) < 4.78 is 33.2. The molecule has 1 aromatic carbocycles. The van der Waals surface area contributed by atoms with Gasteiger partial charge < -0.3 is 10.1 Å². The van der Waals surface area contributed by atoms with Gasteiger partial charge in [0.2, 0.25) is 10.0 Å². The molecule has 1 fully saturated rings. The van der Waals surface area contributed by atoms with E-state index in [4.69, 9.17) is 4.74 Å². The lowest BCUT2D eigenvalue weighted by atomic mass is 10.1. The molecule has 0 aromatic heterocycles. The summed E-state index contributed by atoms with van der Waals surface area (Å²) in [5.74, 6) is 1.16. The first-order valence-electron chi connectivity index (χ1n) is 7.31. The molecule has 1 atom stereocenters. The summed E-state index contributed by atoms with van der Waals surface area (Å²) in [4.78, 5) is 0.353. The Bertz CT molecular complexity index is 583. The van der Waals surface area contributed by atoms with Gasteiger partial charge in [-0.1, -0.05) is 0 Å². The van der Waals surface area contributed by atoms with Gasteiger partial charge in [0.1, 0.15) is 5.75 Å². The Morgan fingerprint density at radius 1 is 1.38 bits per heavy atom. The van der Waals surface area contributed by atoms with Crippen molar-refractivity contribution in [1.82, 2.24) is 10.0 Å². The molecule has 118 valence electrons. The summed E-state index contributed by atoms with van der Waals surface area (Å²) in [5, 5.41) is 3.05. The second kappa shape index (κ2) is 6.77. The molecule has 0 bridgehead atoms. The van der Waals surface area contributed by atoms with Crippen LogP contribution in [0.25, 0.3) is 0 Å². The minimum atomic E-state index is -3.48. The van der Waals surface area contributed by atoms with Crippen molar-refractivity contribution in [3.05, 3.63) is 23.8 Å². The maximum atomic E-state index is 12.6. The number of sulfonamides is 1. The van der Waals surface area contributed by atoms with Crippen LogP contribution < -0.4 is 14.8 Å². The third-order valence-electron chi connectivity index (χ3n) is 3.87. The van der Waals surface area contributed by atoms with Crippen molar-refractivity contribution in [2.75, 3.05) is 20.7 Å². The zero-order valence-corrected chi connectivity index (χ0v) is 13.7. The number of benzene rings is 1. The molecule has 2 rings (SSSR count). The molecule has 21 heavy (non-hydrogen) atoms. The van der Waals surface area contributed by atoms with E-state index in [9.17, 15) is 8.42 Å². The summed E-state index contributed by atoms with van der Waals surface area (Å²) >= 11 is 0. The van der Waals surface area contributed by atoms with Crippen molar-refractivity contribution in [3.63, 3.8) is 0 Å². The minimum absolute atomic E-state index is 0.00532. The third-order valence-corrected chi connectivity index (χ3v) is 5.53. The van der Waals surface area contributed by atoms with Crippen LogP contribution in [0, 0.1) is 5.92 Å². The standard InChI is InChI=1S/C15H24N2O3S/c1-11(12-4-5-12)17-21(18,19)15-7-6-14(20-3)10-13(15)8-9-16-2/h6-7,10-12,16-17H,4-5,8-9H2,1-3H3. The molecule has 6 heteroatoms. The average Bonchev–Trinajstić information content (AvgIpc) is 3.28. The molecule has 0 aliphatic heterocycles. The zero-order chi connectivity index (χ0) is 15.5. The Morgan fingerprint density at radius 2 is 2.10 bits per heavy atom. The Balaban J connectivity index is 2.26. The van der Waals surface area contributed by atoms with Crippen LogP contribution in [0.15, 0.2) is 23.1 Å². The fourth-order valence-corrected chi connectivity index (χ4v) is 3.96. The van der Waals surface area contributed by atoms with E-state index in [-0.39, 0.29) is 6.04 Å². The first-order chi connectivity index (χ1) is 9.97.